The number of rotatable bonds is 5. The van der Waals surface area contributed by atoms with Crippen LogP contribution in [0.15, 0.2) is 64.2 Å². The molecule has 0 aliphatic heterocycles. The van der Waals surface area contributed by atoms with Crippen LogP contribution in [0.25, 0.3) is 10.8 Å². The van der Waals surface area contributed by atoms with Crippen molar-refractivity contribution in [1.82, 2.24) is 5.43 Å². The third-order valence-corrected chi connectivity index (χ3v) is 4.16. The quantitative estimate of drug-likeness (QED) is 0.338. The second-order valence-electron chi connectivity index (χ2n) is 5.46. The molecule has 7 heteroatoms. The van der Waals surface area contributed by atoms with E-state index in [9.17, 15) is 15.0 Å². The van der Waals surface area contributed by atoms with Crippen LogP contribution in [0.3, 0.4) is 0 Å². The zero-order valence-corrected chi connectivity index (χ0v) is 15.1. The van der Waals surface area contributed by atoms with Gasteiger partial charge in [-0.1, -0.05) is 30.3 Å². The summed E-state index contributed by atoms with van der Waals surface area (Å²) in [6, 6.07) is 16.3. The van der Waals surface area contributed by atoms with Gasteiger partial charge in [-0.3, -0.25) is 4.79 Å². The molecule has 3 rings (SSSR count). The van der Waals surface area contributed by atoms with E-state index >= 15 is 0 Å². The lowest BCUT2D eigenvalue weighted by molar-refractivity contribution is -0.123. The molecule has 132 valence electrons. The molecule has 0 saturated carbocycles. The number of halogens is 1. The molecule has 0 spiro atoms. The fraction of sp³-hybridized carbons (Fsp3) is 0.0526. The Morgan fingerprint density at radius 2 is 1.88 bits per heavy atom. The number of phenolic OH excluding ortho intramolecular Hbond substituents is 2. The Balaban J connectivity index is 1.55. The first-order chi connectivity index (χ1) is 12.5. The molecule has 0 aromatic heterocycles. The van der Waals surface area contributed by atoms with Gasteiger partial charge in [0.1, 0.15) is 5.75 Å². The van der Waals surface area contributed by atoms with Crippen molar-refractivity contribution in [3.63, 3.8) is 0 Å². The fourth-order valence-electron chi connectivity index (χ4n) is 2.30. The number of phenols is 2. The second kappa shape index (κ2) is 7.88. The van der Waals surface area contributed by atoms with Gasteiger partial charge in [0, 0.05) is 0 Å². The number of amides is 1. The monoisotopic (exact) mass is 414 g/mol. The van der Waals surface area contributed by atoms with E-state index in [1.807, 2.05) is 36.4 Å². The molecule has 0 atom stereocenters. The van der Waals surface area contributed by atoms with Crippen LogP contribution in [0, 0.1) is 0 Å². The predicted octanol–water partition coefficient (Wildman–Crippen LogP) is 3.54. The average Bonchev–Trinajstić information content (AvgIpc) is 2.64. The molecule has 3 aromatic rings. The van der Waals surface area contributed by atoms with Gasteiger partial charge >= 0.3 is 0 Å². The minimum absolute atomic E-state index is 0.180. The largest absolute Gasteiger partial charge is 0.504 e. The molecule has 6 nitrogen and oxygen atoms in total. The number of aromatic hydroxyl groups is 2. The molecule has 0 aliphatic rings. The SMILES string of the molecule is O=C(COc1ccc2ccccc2c1)N/N=C/c1cc(O)c(O)c(Br)c1. The van der Waals surface area contributed by atoms with Crippen LogP contribution in [0.1, 0.15) is 5.56 Å². The maximum Gasteiger partial charge on any atom is 0.277 e. The normalized spacial score (nSPS) is 11.0. The Kier molecular flexibility index (Phi) is 5.38. The van der Waals surface area contributed by atoms with Crippen molar-refractivity contribution in [1.29, 1.82) is 0 Å². The number of benzene rings is 3. The first kappa shape index (κ1) is 17.8. The van der Waals surface area contributed by atoms with Crippen LogP contribution in [0.2, 0.25) is 0 Å². The highest BCUT2D eigenvalue weighted by molar-refractivity contribution is 9.10. The summed E-state index contributed by atoms with van der Waals surface area (Å²) in [6.07, 6.45) is 1.35. The first-order valence-electron chi connectivity index (χ1n) is 7.68. The molecule has 0 heterocycles. The molecule has 0 radical (unpaired) electrons. The molecule has 0 fully saturated rings. The number of ether oxygens (including phenoxy) is 1. The van der Waals surface area contributed by atoms with Gasteiger partial charge in [-0.25, -0.2) is 5.43 Å². The van der Waals surface area contributed by atoms with E-state index < -0.39 is 5.91 Å². The van der Waals surface area contributed by atoms with Crippen LogP contribution >= 0.6 is 15.9 Å². The lowest BCUT2D eigenvalue weighted by atomic mass is 10.1. The number of hydrogen-bond donors (Lipinski definition) is 3. The van der Waals surface area contributed by atoms with Gasteiger partial charge in [0.2, 0.25) is 0 Å². The number of hydrazone groups is 1. The van der Waals surface area contributed by atoms with Crippen molar-refractivity contribution < 1.29 is 19.7 Å². The van der Waals surface area contributed by atoms with Gasteiger partial charge in [-0.05, 0) is 56.5 Å². The van der Waals surface area contributed by atoms with Gasteiger partial charge in [-0.2, -0.15) is 5.10 Å². The molecule has 0 saturated heterocycles. The highest BCUT2D eigenvalue weighted by Crippen LogP contribution is 2.33. The maximum absolute atomic E-state index is 11.8. The van der Waals surface area contributed by atoms with E-state index in [2.05, 4.69) is 26.5 Å². The second-order valence-corrected chi connectivity index (χ2v) is 6.32. The number of nitrogens with zero attached hydrogens (tertiary/aromatic N) is 1. The zero-order chi connectivity index (χ0) is 18.5. The number of fused-ring (bicyclic) bond motifs is 1. The third-order valence-electron chi connectivity index (χ3n) is 3.56. The molecule has 0 aliphatic carbocycles. The summed E-state index contributed by atoms with van der Waals surface area (Å²) in [5.41, 5.74) is 2.84. The van der Waals surface area contributed by atoms with Crippen molar-refractivity contribution in [3.8, 4) is 17.2 Å². The standard InChI is InChI=1S/C19H15BrN2O4/c20-16-7-12(8-17(23)19(16)25)10-21-22-18(24)11-26-15-6-5-13-3-1-2-4-14(13)9-15/h1-10,23,25H,11H2,(H,22,24)/b21-10+. The Hall–Kier alpha value is -3.06. The molecule has 3 aromatic carbocycles. The van der Waals surface area contributed by atoms with E-state index in [4.69, 9.17) is 4.74 Å². The van der Waals surface area contributed by atoms with Crippen molar-refractivity contribution in [2.75, 3.05) is 6.61 Å². The van der Waals surface area contributed by atoms with Gasteiger partial charge in [0.25, 0.3) is 5.91 Å². The lowest BCUT2D eigenvalue weighted by Crippen LogP contribution is -2.24. The summed E-state index contributed by atoms with van der Waals surface area (Å²) >= 11 is 3.11. The van der Waals surface area contributed by atoms with Gasteiger partial charge < -0.3 is 14.9 Å². The summed E-state index contributed by atoms with van der Waals surface area (Å²) in [4.78, 5) is 11.8. The van der Waals surface area contributed by atoms with Crippen molar-refractivity contribution in [2.45, 2.75) is 0 Å². The Labute approximate surface area is 157 Å². The van der Waals surface area contributed by atoms with Crippen LogP contribution in [-0.4, -0.2) is 28.9 Å². The molecular formula is C19H15BrN2O4. The minimum atomic E-state index is -0.420. The number of carbonyl (C=O) groups excluding carboxylic acids is 1. The Bertz CT molecular complexity index is 965. The third kappa shape index (κ3) is 4.31. The predicted molar refractivity (Wildman–Crippen MR) is 103 cm³/mol. The van der Waals surface area contributed by atoms with E-state index in [1.165, 1.54) is 12.3 Å². The Morgan fingerprint density at radius 3 is 2.65 bits per heavy atom. The first-order valence-corrected chi connectivity index (χ1v) is 8.47. The molecule has 0 unspecified atom stereocenters. The van der Waals surface area contributed by atoms with Crippen LogP contribution in [0.5, 0.6) is 17.2 Å². The minimum Gasteiger partial charge on any atom is -0.504 e. The zero-order valence-electron chi connectivity index (χ0n) is 13.5. The summed E-state index contributed by atoms with van der Waals surface area (Å²) in [5, 5.41) is 24.9. The van der Waals surface area contributed by atoms with Crippen molar-refractivity contribution in [3.05, 3.63) is 64.6 Å². The van der Waals surface area contributed by atoms with Gasteiger partial charge in [0.05, 0.1) is 10.7 Å². The smallest absolute Gasteiger partial charge is 0.277 e. The number of nitrogens with one attached hydrogen (secondary N) is 1. The van der Waals surface area contributed by atoms with Gasteiger partial charge in [-0.15, -0.1) is 0 Å². The maximum atomic E-state index is 11.8. The van der Waals surface area contributed by atoms with Crippen LogP contribution in [-0.2, 0) is 4.79 Å². The van der Waals surface area contributed by atoms with E-state index in [1.54, 1.807) is 12.1 Å². The summed E-state index contributed by atoms with van der Waals surface area (Å²) in [5.74, 6) is -0.367. The molecule has 26 heavy (non-hydrogen) atoms. The summed E-state index contributed by atoms with van der Waals surface area (Å²) in [6.45, 7) is -0.180. The molecule has 0 bridgehead atoms. The molecular weight excluding hydrogens is 400 g/mol. The van der Waals surface area contributed by atoms with E-state index in [0.29, 0.717) is 15.8 Å². The highest BCUT2D eigenvalue weighted by Gasteiger charge is 2.06. The van der Waals surface area contributed by atoms with Gasteiger partial charge in [0.15, 0.2) is 18.1 Å². The number of carbonyl (C=O) groups is 1. The van der Waals surface area contributed by atoms with E-state index in [0.717, 1.165) is 10.8 Å². The fourth-order valence-corrected chi connectivity index (χ4v) is 2.76. The average molecular weight is 415 g/mol. The lowest BCUT2D eigenvalue weighted by Gasteiger charge is -2.06. The highest BCUT2D eigenvalue weighted by atomic mass is 79.9. The molecule has 3 N–H and O–H groups in total. The Morgan fingerprint density at radius 1 is 1.12 bits per heavy atom. The summed E-state index contributed by atoms with van der Waals surface area (Å²) < 4.78 is 5.79. The van der Waals surface area contributed by atoms with Crippen molar-refractivity contribution >= 4 is 38.8 Å². The van der Waals surface area contributed by atoms with E-state index in [-0.39, 0.29) is 18.1 Å². The van der Waals surface area contributed by atoms with Crippen LogP contribution < -0.4 is 10.2 Å². The van der Waals surface area contributed by atoms with Crippen molar-refractivity contribution in [2.24, 2.45) is 5.10 Å². The molecule has 1 amide bonds. The summed E-state index contributed by atoms with van der Waals surface area (Å²) in [7, 11) is 0. The number of hydrogen-bond acceptors (Lipinski definition) is 5. The topological polar surface area (TPSA) is 91.2 Å². The van der Waals surface area contributed by atoms with Crippen LogP contribution in [0.4, 0.5) is 0 Å².